The lowest BCUT2D eigenvalue weighted by molar-refractivity contribution is -0.139. The average Bonchev–Trinajstić information content (AvgIpc) is 2.02. The fourth-order valence-corrected chi connectivity index (χ4v) is 2.14. The predicted molar refractivity (Wildman–Crippen MR) is 54.4 cm³/mol. The summed E-state index contributed by atoms with van der Waals surface area (Å²) < 4.78 is 0. The monoisotopic (exact) mass is 181 g/mol. The summed E-state index contributed by atoms with van der Waals surface area (Å²) in [5.74, 6) is 0.264. The van der Waals surface area contributed by atoms with Gasteiger partial charge in [0.2, 0.25) is 5.91 Å². The first-order valence-corrected chi connectivity index (χ1v) is 4.83. The molecular weight excluding hydrogens is 162 g/mol. The molecule has 1 atom stereocenters. The largest absolute Gasteiger partial charge is 0.348 e. The number of allylic oxidation sites excluding steroid dienone is 2. The van der Waals surface area contributed by atoms with Crippen molar-refractivity contribution in [3.63, 3.8) is 0 Å². The van der Waals surface area contributed by atoms with Gasteiger partial charge in [0.1, 0.15) is 0 Å². The van der Waals surface area contributed by atoms with Crippen LogP contribution in [0.5, 0.6) is 0 Å². The standard InChI is InChI=1S/C11H19NO/c1-9-6-5-7-11(2,8-9)10(13)12(3)4/h6H,5,7-8H2,1-4H3. The van der Waals surface area contributed by atoms with Crippen LogP contribution in [0, 0.1) is 5.41 Å². The van der Waals surface area contributed by atoms with Gasteiger partial charge in [-0.2, -0.15) is 0 Å². The van der Waals surface area contributed by atoms with Gasteiger partial charge in [0, 0.05) is 14.1 Å². The highest BCUT2D eigenvalue weighted by molar-refractivity contribution is 5.82. The van der Waals surface area contributed by atoms with E-state index >= 15 is 0 Å². The predicted octanol–water partition coefficient (Wildman–Crippen LogP) is 2.21. The number of carbonyl (C=O) groups excluding carboxylic acids is 1. The molecule has 2 heteroatoms. The average molecular weight is 181 g/mol. The highest BCUT2D eigenvalue weighted by atomic mass is 16.2. The van der Waals surface area contributed by atoms with E-state index in [0.29, 0.717) is 0 Å². The summed E-state index contributed by atoms with van der Waals surface area (Å²) in [6, 6.07) is 0. The Bertz CT molecular complexity index is 242. The maximum atomic E-state index is 11.9. The summed E-state index contributed by atoms with van der Waals surface area (Å²) >= 11 is 0. The Morgan fingerprint density at radius 2 is 2.15 bits per heavy atom. The minimum absolute atomic E-state index is 0.150. The molecule has 0 heterocycles. The highest BCUT2D eigenvalue weighted by Gasteiger charge is 2.35. The second kappa shape index (κ2) is 3.52. The zero-order valence-corrected chi connectivity index (χ0v) is 9.05. The van der Waals surface area contributed by atoms with Gasteiger partial charge in [-0.25, -0.2) is 0 Å². The van der Waals surface area contributed by atoms with Crippen LogP contribution in [-0.2, 0) is 4.79 Å². The van der Waals surface area contributed by atoms with E-state index in [1.807, 2.05) is 14.1 Å². The first kappa shape index (κ1) is 10.3. The van der Waals surface area contributed by atoms with Crippen molar-refractivity contribution in [2.24, 2.45) is 5.41 Å². The number of nitrogens with zero attached hydrogens (tertiary/aromatic N) is 1. The van der Waals surface area contributed by atoms with E-state index in [4.69, 9.17) is 0 Å². The van der Waals surface area contributed by atoms with Crippen molar-refractivity contribution < 1.29 is 4.79 Å². The lowest BCUT2D eigenvalue weighted by Crippen LogP contribution is -2.39. The van der Waals surface area contributed by atoms with Gasteiger partial charge in [-0.05, 0) is 26.2 Å². The van der Waals surface area contributed by atoms with Crippen LogP contribution in [0.3, 0.4) is 0 Å². The smallest absolute Gasteiger partial charge is 0.228 e. The maximum absolute atomic E-state index is 11.9. The lowest BCUT2D eigenvalue weighted by Gasteiger charge is -2.33. The Morgan fingerprint density at radius 1 is 1.54 bits per heavy atom. The van der Waals surface area contributed by atoms with Crippen molar-refractivity contribution in [1.29, 1.82) is 0 Å². The van der Waals surface area contributed by atoms with Crippen molar-refractivity contribution in [3.05, 3.63) is 11.6 Å². The van der Waals surface area contributed by atoms with Crippen molar-refractivity contribution in [2.75, 3.05) is 14.1 Å². The molecule has 0 fully saturated rings. The van der Waals surface area contributed by atoms with Crippen molar-refractivity contribution in [2.45, 2.75) is 33.1 Å². The van der Waals surface area contributed by atoms with Gasteiger partial charge in [0.25, 0.3) is 0 Å². The van der Waals surface area contributed by atoms with E-state index in [9.17, 15) is 4.79 Å². The van der Waals surface area contributed by atoms with Gasteiger partial charge in [0.15, 0.2) is 0 Å². The Labute approximate surface area is 80.6 Å². The molecule has 0 radical (unpaired) electrons. The van der Waals surface area contributed by atoms with Crippen LogP contribution in [0.4, 0.5) is 0 Å². The Hall–Kier alpha value is -0.790. The van der Waals surface area contributed by atoms with Gasteiger partial charge in [-0.15, -0.1) is 0 Å². The molecule has 74 valence electrons. The quantitative estimate of drug-likeness (QED) is 0.568. The summed E-state index contributed by atoms with van der Waals surface area (Å²) in [5.41, 5.74) is 1.20. The third-order valence-corrected chi connectivity index (χ3v) is 2.78. The van der Waals surface area contributed by atoms with Crippen LogP contribution < -0.4 is 0 Å². The summed E-state index contributed by atoms with van der Waals surface area (Å²) in [7, 11) is 3.67. The molecule has 0 aromatic heterocycles. The second-order valence-corrected chi connectivity index (χ2v) is 4.53. The van der Waals surface area contributed by atoms with Gasteiger partial charge in [0.05, 0.1) is 5.41 Å². The van der Waals surface area contributed by atoms with Gasteiger partial charge in [-0.1, -0.05) is 18.6 Å². The van der Waals surface area contributed by atoms with Gasteiger partial charge >= 0.3 is 0 Å². The fourth-order valence-electron chi connectivity index (χ4n) is 2.14. The maximum Gasteiger partial charge on any atom is 0.228 e. The minimum Gasteiger partial charge on any atom is -0.348 e. The molecule has 0 aliphatic heterocycles. The molecule has 1 rings (SSSR count). The van der Waals surface area contributed by atoms with Crippen LogP contribution in [0.15, 0.2) is 11.6 Å². The molecule has 0 aromatic rings. The molecule has 13 heavy (non-hydrogen) atoms. The molecular formula is C11H19NO. The second-order valence-electron chi connectivity index (χ2n) is 4.53. The number of hydrogen-bond acceptors (Lipinski definition) is 1. The molecule has 0 saturated carbocycles. The Balaban J connectivity index is 2.78. The molecule has 0 saturated heterocycles. The van der Waals surface area contributed by atoms with E-state index < -0.39 is 0 Å². The zero-order valence-electron chi connectivity index (χ0n) is 9.05. The Morgan fingerprint density at radius 3 is 2.62 bits per heavy atom. The molecule has 1 amide bonds. The summed E-state index contributed by atoms with van der Waals surface area (Å²) in [4.78, 5) is 13.6. The normalized spacial score (nSPS) is 28.2. The van der Waals surface area contributed by atoms with Crippen LogP contribution in [0.25, 0.3) is 0 Å². The zero-order chi connectivity index (χ0) is 10.1. The van der Waals surface area contributed by atoms with E-state index in [2.05, 4.69) is 19.9 Å². The molecule has 0 N–H and O–H groups in total. The van der Waals surface area contributed by atoms with Crippen LogP contribution in [-0.4, -0.2) is 24.9 Å². The molecule has 2 nitrogen and oxygen atoms in total. The minimum atomic E-state index is -0.150. The molecule has 0 spiro atoms. The van der Waals surface area contributed by atoms with E-state index in [1.54, 1.807) is 4.90 Å². The molecule has 1 unspecified atom stereocenters. The fraction of sp³-hybridized carbons (Fsp3) is 0.727. The van der Waals surface area contributed by atoms with E-state index in [-0.39, 0.29) is 11.3 Å². The highest BCUT2D eigenvalue weighted by Crippen LogP contribution is 2.36. The van der Waals surface area contributed by atoms with E-state index in [0.717, 1.165) is 19.3 Å². The van der Waals surface area contributed by atoms with Crippen molar-refractivity contribution in [1.82, 2.24) is 4.90 Å². The summed E-state index contributed by atoms with van der Waals surface area (Å²) in [6.07, 6.45) is 5.19. The number of amides is 1. The number of carbonyl (C=O) groups is 1. The van der Waals surface area contributed by atoms with Crippen LogP contribution in [0.1, 0.15) is 33.1 Å². The first-order valence-electron chi connectivity index (χ1n) is 4.83. The molecule has 0 aromatic carbocycles. The first-order chi connectivity index (χ1) is 5.96. The third kappa shape index (κ3) is 2.11. The van der Waals surface area contributed by atoms with Crippen LogP contribution >= 0.6 is 0 Å². The number of hydrogen-bond donors (Lipinski definition) is 0. The van der Waals surface area contributed by atoms with Gasteiger partial charge in [-0.3, -0.25) is 4.79 Å². The number of rotatable bonds is 1. The third-order valence-electron chi connectivity index (χ3n) is 2.78. The van der Waals surface area contributed by atoms with E-state index in [1.165, 1.54) is 5.57 Å². The van der Waals surface area contributed by atoms with Crippen molar-refractivity contribution in [3.8, 4) is 0 Å². The van der Waals surface area contributed by atoms with Crippen molar-refractivity contribution >= 4 is 5.91 Å². The Kier molecular flexibility index (Phi) is 2.79. The molecule has 0 bridgehead atoms. The summed E-state index contributed by atoms with van der Waals surface area (Å²) in [5, 5.41) is 0. The van der Waals surface area contributed by atoms with Gasteiger partial charge < -0.3 is 4.90 Å². The lowest BCUT2D eigenvalue weighted by atomic mass is 9.75. The molecule has 1 aliphatic carbocycles. The topological polar surface area (TPSA) is 20.3 Å². The summed E-state index contributed by atoms with van der Waals surface area (Å²) in [6.45, 7) is 4.19. The SMILES string of the molecule is CC1=CCCC(C)(C(=O)N(C)C)C1. The molecule has 1 aliphatic rings. The van der Waals surface area contributed by atoms with Crippen LogP contribution in [0.2, 0.25) is 0 Å².